The van der Waals surface area contributed by atoms with Gasteiger partial charge < -0.3 is 5.11 Å². The van der Waals surface area contributed by atoms with Gasteiger partial charge in [-0.25, -0.2) is 0 Å². The van der Waals surface area contributed by atoms with Crippen LogP contribution in [0.15, 0.2) is 24.3 Å². The average Bonchev–Trinajstić information content (AvgIpc) is 2.33. The van der Waals surface area contributed by atoms with Crippen molar-refractivity contribution in [1.82, 2.24) is 0 Å². The second kappa shape index (κ2) is 3.49. The molecule has 1 atom stereocenters. The summed E-state index contributed by atoms with van der Waals surface area (Å²) in [5.74, 6) is 0.210. The van der Waals surface area contributed by atoms with Gasteiger partial charge in [0.15, 0.2) is 5.78 Å². The molecule has 1 rings (SSSR count). The molecule has 0 aromatic carbocycles. The lowest BCUT2D eigenvalue weighted by Crippen LogP contribution is -2.01. The first kappa shape index (κ1) is 8.21. The maximum absolute atomic E-state index is 11.1. The van der Waals surface area contributed by atoms with E-state index in [0.29, 0.717) is 12.8 Å². The van der Waals surface area contributed by atoms with E-state index < -0.39 is 0 Å². The molecule has 0 saturated heterocycles. The predicted octanol–water partition coefficient (Wildman–Crippen LogP) is 1.07. The van der Waals surface area contributed by atoms with Crippen LogP contribution in [0.3, 0.4) is 0 Å². The van der Waals surface area contributed by atoms with Crippen LogP contribution in [-0.4, -0.2) is 17.5 Å². The maximum atomic E-state index is 11.1. The fourth-order valence-electron chi connectivity index (χ4n) is 1.26. The van der Waals surface area contributed by atoms with Gasteiger partial charge in [-0.15, -0.1) is 6.58 Å². The maximum Gasteiger partial charge on any atom is 0.159 e. The molecule has 0 aromatic rings. The van der Waals surface area contributed by atoms with Crippen LogP contribution in [-0.2, 0) is 4.79 Å². The van der Waals surface area contributed by atoms with Gasteiger partial charge in [0, 0.05) is 18.9 Å². The van der Waals surface area contributed by atoms with Crippen molar-refractivity contribution in [3.8, 4) is 0 Å². The number of hydrogen-bond acceptors (Lipinski definition) is 2. The van der Waals surface area contributed by atoms with Gasteiger partial charge in [0.25, 0.3) is 0 Å². The van der Waals surface area contributed by atoms with E-state index in [9.17, 15) is 4.79 Å². The normalized spacial score (nSPS) is 23.5. The predicted molar refractivity (Wildman–Crippen MR) is 43.1 cm³/mol. The molecule has 1 aliphatic carbocycles. The molecule has 1 N–H and O–H groups in total. The third-order valence-corrected chi connectivity index (χ3v) is 1.84. The summed E-state index contributed by atoms with van der Waals surface area (Å²) in [4.78, 5) is 11.1. The van der Waals surface area contributed by atoms with Gasteiger partial charge in [-0.2, -0.15) is 0 Å². The molecule has 1 aliphatic rings. The molecule has 0 aliphatic heterocycles. The monoisotopic (exact) mass is 152 g/mol. The van der Waals surface area contributed by atoms with Crippen molar-refractivity contribution < 1.29 is 9.90 Å². The third-order valence-electron chi connectivity index (χ3n) is 1.84. The SMILES string of the molecule is C=CCC1=CC(CO)CC1=O. The summed E-state index contributed by atoms with van der Waals surface area (Å²) in [6.45, 7) is 3.63. The standard InChI is InChI=1S/C9H12O2/c1-2-3-8-4-7(6-10)5-9(8)11/h2,4,7,10H,1,3,5-6H2. The largest absolute Gasteiger partial charge is 0.396 e. The number of carbonyl (C=O) groups is 1. The molecule has 0 heterocycles. The summed E-state index contributed by atoms with van der Waals surface area (Å²) in [5.41, 5.74) is 0.805. The number of carbonyl (C=O) groups excluding carboxylic acids is 1. The van der Waals surface area contributed by atoms with Crippen LogP contribution in [0.5, 0.6) is 0 Å². The van der Waals surface area contributed by atoms with Crippen LogP contribution in [0.2, 0.25) is 0 Å². The van der Waals surface area contributed by atoms with Crippen LogP contribution in [0.4, 0.5) is 0 Å². The zero-order valence-corrected chi connectivity index (χ0v) is 6.42. The van der Waals surface area contributed by atoms with Crippen LogP contribution in [0.1, 0.15) is 12.8 Å². The van der Waals surface area contributed by atoms with E-state index in [1.54, 1.807) is 6.08 Å². The van der Waals surface area contributed by atoms with E-state index in [-0.39, 0.29) is 18.3 Å². The summed E-state index contributed by atoms with van der Waals surface area (Å²) in [5, 5.41) is 8.75. The minimum atomic E-state index is 0.0532. The molecule has 0 fully saturated rings. The van der Waals surface area contributed by atoms with Crippen LogP contribution in [0, 0.1) is 5.92 Å². The topological polar surface area (TPSA) is 37.3 Å². The molecule has 0 amide bonds. The van der Waals surface area contributed by atoms with E-state index in [1.165, 1.54) is 0 Å². The molecular weight excluding hydrogens is 140 g/mol. The highest BCUT2D eigenvalue weighted by molar-refractivity contribution is 5.98. The smallest absolute Gasteiger partial charge is 0.159 e. The van der Waals surface area contributed by atoms with Crippen molar-refractivity contribution in [2.24, 2.45) is 5.92 Å². The first-order valence-electron chi connectivity index (χ1n) is 3.73. The number of rotatable bonds is 3. The van der Waals surface area contributed by atoms with Gasteiger partial charge in [-0.1, -0.05) is 12.2 Å². The molecular formula is C9H12O2. The molecule has 0 spiro atoms. The van der Waals surface area contributed by atoms with Crippen molar-refractivity contribution in [3.05, 3.63) is 24.3 Å². The van der Waals surface area contributed by atoms with E-state index in [0.717, 1.165) is 5.57 Å². The van der Waals surface area contributed by atoms with E-state index in [4.69, 9.17) is 5.11 Å². The van der Waals surface area contributed by atoms with Gasteiger partial charge in [-0.3, -0.25) is 4.79 Å². The molecule has 0 radical (unpaired) electrons. The Labute approximate surface area is 66.2 Å². The summed E-state index contributed by atoms with van der Waals surface area (Å²) in [7, 11) is 0. The van der Waals surface area contributed by atoms with Crippen LogP contribution in [0.25, 0.3) is 0 Å². The summed E-state index contributed by atoms with van der Waals surface area (Å²) < 4.78 is 0. The van der Waals surface area contributed by atoms with Gasteiger partial charge in [0.1, 0.15) is 0 Å². The van der Waals surface area contributed by atoms with Crippen molar-refractivity contribution in [1.29, 1.82) is 0 Å². The van der Waals surface area contributed by atoms with E-state index in [1.807, 2.05) is 6.08 Å². The zero-order chi connectivity index (χ0) is 8.27. The lowest BCUT2D eigenvalue weighted by molar-refractivity contribution is -0.115. The molecule has 2 heteroatoms. The number of Topliss-reactive ketones (excluding diaryl/α,β-unsaturated/α-hetero) is 1. The van der Waals surface area contributed by atoms with Crippen molar-refractivity contribution in [2.75, 3.05) is 6.61 Å². The number of aliphatic hydroxyl groups excluding tert-OH is 1. The fraction of sp³-hybridized carbons (Fsp3) is 0.444. The highest BCUT2D eigenvalue weighted by atomic mass is 16.3. The number of ketones is 1. The van der Waals surface area contributed by atoms with Crippen molar-refractivity contribution in [2.45, 2.75) is 12.8 Å². The first-order valence-corrected chi connectivity index (χ1v) is 3.73. The Kier molecular flexibility index (Phi) is 2.60. The highest BCUT2D eigenvalue weighted by Crippen LogP contribution is 2.22. The summed E-state index contributed by atoms with van der Waals surface area (Å²) >= 11 is 0. The zero-order valence-electron chi connectivity index (χ0n) is 6.42. The minimum Gasteiger partial charge on any atom is -0.396 e. The molecule has 0 bridgehead atoms. The first-order chi connectivity index (χ1) is 5.27. The second-order valence-electron chi connectivity index (χ2n) is 2.75. The fourth-order valence-corrected chi connectivity index (χ4v) is 1.26. The average molecular weight is 152 g/mol. The van der Waals surface area contributed by atoms with Crippen molar-refractivity contribution >= 4 is 5.78 Å². The van der Waals surface area contributed by atoms with Gasteiger partial charge in [-0.05, 0) is 12.0 Å². The Morgan fingerprint density at radius 2 is 2.55 bits per heavy atom. The molecule has 60 valence electrons. The lowest BCUT2D eigenvalue weighted by Gasteiger charge is -1.96. The Morgan fingerprint density at radius 1 is 1.82 bits per heavy atom. The molecule has 2 nitrogen and oxygen atoms in total. The Balaban J connectivity index is 2.62. The van der Waals surface area contributed by atoms with Crippen LogP contribution >= 0.6 is 0 Å². The van der Waals surface area contributed by atoms with Gasteiger partial charge >= 0.3 is 0 Å². The van der Waals surface area contributed by atoms with Crippen molar-refractivity contribution in [3.63, 3.8) is 0 Å². The number of hydrogen-bond donors (Lipinski definition) is 1. The summed E-state index contributed by atoms with van der Waals surface area (Å²) in [6.07, 6.45) is 4.67. The third kappa shape index (κ3) is 1.77. The molecule has 0 aromatic heterocycles. The minimum absolute atomic E-state index is 0.0532. The molecule has 11 heavy (non-hydrogen) atoms. The Bertz CT molecular complexity index is 204. The quantitative estimate of drug-likeness (QED) is 0.614. The van der Waals surface area contributed by atoms with E-state index in [2.05, 4.69) is 6.58 Å². The number of aliphatic hydroxyl groups is 1. The van der Waals surface area contributed by atoms with E-state index >= 15 is 0 Å². The Hall–Kier alpha value is -0.890. The summed E-state index contributed by atoms with van der Waals surface area (Å²) in [6, 6.07) is 0. The molecule has 1 unspecified atom stereocenters. The second-order valence-corrected chi connectivity index (χ2v) is 2.75. The highest BCUT2D eigenvalue weighted by Gasteiger charge is 2.21. The van der Waals surface area contributed by atoms with Crippen LogP contribution < -0.4 is 0 Å². The van der Waals surface area contributed by atoms with Gasteiger partial charge in [0.2, 0.25) is 0 Å². The Morgan fingerprint density at radius 3 is 3.00 bits per heavy atom. The number of allylic oxidation sites excluding steroid dienone is 2. The van der Waals surface area contributed by atoms with Gasteiger partial charge in [0.05, 0.1) is 0 Å². The lowest BCUT2D eigenvalue weighted by atomic mass is 10.1. The molecule has 0 saturated carbocycles.